The van der Waals surface area contributed by atoms with E-state index in [1.54, 1.807) is 25.1 Å². The van der Waals surface area contributed by atoms with Crippen molar-refractivity contribution in [2.75, 3.05) is 19.7 Å². The van der Waals surface area contributed by atoms with Crippen LogP contribution in [0.1, 0.15) is 46.5 Å². The van der Waals surface area contributed by atoms with E-state index >= 15 is 0 Å². The molecule has 0 atom stereocenters. The fraction of sp³-hybridized carbons (Fsp3) is 0.385. The maximum Gasteiger partial charge on any atom is 0.309 e. The zero-order chi connectivity index (χ0) is 23.9. The number of furan rings is 1. The first-order chi connectivity index (χ1) is 16.3. The largest absolute Gasteiger partial charge is 0.457 e. The highest BCUT2D eigenvalue weighted by Gasteiger charge is 2.33. The Hall–Kier alpha value is -2.97. The van der Waals surface area contributed by atoms with E-state index in [1.807, 2.05) is 24.3 Å². The lowest BCUT2D eigenvalue weighted by Crippen LogP contribution is -2.40. The monoisotopic (exact) mass is 481 g/mol. The van der Waals surface area contributed by atoms with Crippen molar-refractivity contribution in [3.8, 4) is 0 Å². The molecule has 5 rings (SSSR count). The second kappa shape index (κ2) is 9.00. The summed E-state index contributed by atoms with van der Waals surface area (Å²) in [6.45, 7) is 1.90. The molecule has 0 spiro atoms. The standard InChI is InChI=1S/C26H27NO6S/c1-17-22-7-2-3-8-24(22)33-25(17)23(28)16-32-26(29)19-11-13-27(14-12-19)34(30,31)21-10-9-18-5-4-6-20(18)15-21/h2-3,7-10,15,19H,4-6,11-14,16H2,1H3. The topological polar surface area (TPSA) is 93.9 Å². The van der Waals surface area contributed by atoms with Gasteiger partial charge in [-0.15, -0.1) is 0 Å². The normalized spacial score (nSPS) is 17.1. The van der Waals surface area contributed by atoms with E-state index < -0.39 is 34.3 Å². The van der Waals surface area contributed by atoms with Crippen LogP contribution in [0.3, 0.4) is 0 Å². The SMILES string of the molecule is Cc1c(C(=O)COC(=O)C2CCN(S(=O)(=O)c3ccc4c(c3)CCC4)CC2)oc2ccccc12. The molecule has 1 fully saturated rings. The molecule has 0 amide bonds. The molecule has 178 valence electrons. The fourth-order valence-corrected chi connectivity index (χ4v) is 6.47. The lowest BCUT2D eigenvalue weighted by molar-refractivity contribution is -0.148. The van der Waals surface area contributed by atoms with Gasteiger partial charge in [-0.3, -0.25) is 9.59 Å². The Kier molecular flexibility index (Phi) is 6.04. The summed E-state index contributed by atoms with van der Waals surface area (Å²) in [6, 6.07) is 12.8. The van der Waals surface area contributed by atoms with Gasteiger partial charge < -0.3 is 9.15 Å². The van der Waals surface area contributed by atoms with Gasteiger partial charge in [0.15, 0.2) is 12.4 Å². The molecule has 0 unspecified atom stereocenters. The number of carbonyl (C=O) groups is 2. The van der Waals surface area contributed by atoms with Gasteiger partial charge in [-0.25, -0.2) is 8.42 Å². The summed E-state index contributed by atoms with van der Waals surface area (Å²) >= 11 is 0. The number of hydrogen-bond donors (Lipinski definition) is 0. The molecular formula is C26H27NO6S. The Morgan fingerprint density at radius 3 is 2.56 bits per heavy atom. The number of fused-ring (bicyclic) bond motifs is 2. The van der Waals surface area contributed by atoms with Gasteiger partial charge >= 0.3 is 5.97 Å². The quantitative estimate of drug-likeness (QED) is 0.389. The minimum atomic E-state index is -3.60. The van der Waals surface area contributed by atoms with E-state index in [0.29, 0.717) is 23.3 Å². The molecule has 2 heterocycles. The third-order valence-corrected chi connectivity index (χ3v) is 8.83. The molecule has 0 radical (unpaired) electrons. The average Bonchev–Trinajstić information content (AvgIpc) is 3.46. The van der Waals surface area contributed by atoms with Gasteiger partial charge in [-0.1, -0.05) is 24.3 Å². The number of benzene rings is 2. The van der Waals surface area contributed by atoms with Crippen LogP contribution in [0.5, 0.6) is 0 Å². The van der Waals surface area contributed by atoms with Gasteiger partial charge in [-0.2, -0.15) is 4.31 Å². The predicted octanol–water partition coefficient (Wildman–Crippen LogP) is 4.06. The summed E-state index contributed by atoms with van der Waals surface area (Å²) in [5.74, 6) is -1.10. The Morgan fingerprint density at radius 1 is 1.06 bits per heavy atom. The van der Waals surface area contributed by atoms with Crippen LogP contribution in [-0.2, 0) is 32.4 Å². The summed E-state index contributed by atoms with van der Waals surface area (Å²) in [5, 5.41) is 0.856. The predicted molar refractivity (Wildman–Crippen MR) is 126 cm³/mol. The molecule has 0 saturated carbocycles. The summed E-state index contributed by atoms with van der Waals surface area (Å²) in [5.41, 5.74) is 3.69. The van der Waals surface area contributed by atoms with Crippen LogP contribution in [0, 0.1) is 12.8 Å². The van der Waals surface area contributed by atoms with Crippen LogP contribution in [0.25, 0.3) is 11.0 Å². The first-order valence-electron chi connectivity index (χ1n) is 11.6. The summed E-state index contributed by atoms with van der Waals surface area (Å²) in [4.78, 5) is 25.5. The fourth-order valence-electron chi connectivity index (χ4n) is 4.95. The minimum absolute atomic E-state index is 0.198. The molecule has 3 aromatic rings. The molecule has 1 saturated heterocycles. The second-order valence-corrected chi connectivity index (χ2v) is 11.0. The van der Waals surface area contributed by atoms with Crippen molar-refractivity contribution in [3.63, 3.8) is 0 Å². The summed E-state index contributed by atoms with van der Waals surface area (Å²) in [7, 11) is -3.60. The number of sulfonamides is 1. The maximum atomic E-state index is 13.1. The highest BCUT2D eigenvalue weighted by atomic mass is 32.2. The average molecular weight is 482 g/mol. The molecule has 7 nitrogen and oxygen atoms in total. The van der Waals surface area contributed by atoms with Gasteiger partial charge in [0.25, 0.3) is 0 Å². The number of para-hydroxylation sites is 1. The number of ketones is 1. The highest BCUT2D eigenvalue weighted by Crippen LogP contribution is 2.29. The summed E-state index contributed by atoms with van der Waals surface area (Å²) in [6.07, 6.45) is 3.70. The van der Waals surface area contributed by atoms with Crippen molar-refractivity contribution in [1.29, 1.82) is 0 Å². The highest BCUT2D eigenvalue weighted by molar-refractivity contribution is 7.89. The number of esters is 1. The Labute approximate surface area is 198 Å². The number of nitrogens with zero attached hydrogens (tertiary/aromatic N) is 1. The molecular weight excluding hydrogens is 454 g/mol. The Bertz CT molecular complexity index is 1370. The van der Waals surface area contributed by atoms with Gasteiger partial charge in [0.2, 0.25) is 15.8 Å². The lowest BCUT2D eigenvalue weighted by Gasteiger charge is -2.30. The first kappa shape index (κ1) is 22.8. The van der Waals surface area contributed by atoms with Gasteiger partial charge in [-0.05, 0) is 68.4 Å². The molecule has 34 heavy (non-hydrogen) atoms. The van der Waals surface area contributed by atoms with Crippen LogP contribution >= 0.6 is 0 Å². The number of aryl methyl sites for hydroxylation is 3. The third kappa shape index (κ3) is 4.16. The number of carbonyl (C=O) groups excluding carboxylic acids is 2. The Morgan fingerprint density at radius 2 is 1.79 bits per heavy atom. The van der Waals surface area contributed by atoms with E-state index in [2.05, 4.69) is 0 Å². The van der Waals surface area contributed by atoms with Crippen LogP contribution < -0.4 is 0 Å². The molecule has 1 aliphatic carbocycles. The zero-order valence-corrected chi connectivity index (χ0v) is 19.9. The van der Waals surface area contributed by atoms with Gasteiger partial charge in [0.1, 0.15) is 5.58 Å². The molecule has 1 aromatic heterocycles. The van der Waals surface area contributed by atoms with Crippen molar-refractivity contribution in [3.05, 3.63) is 64.9 Å². The summed E-state index contributed by atoms with van der Waals surface area (Å²) < 4.78 is 38.6. The van der Waals surface area contributed by atoms with Gasteiger partial charge in [0.05, 0.1) is 10.8 Å². The van der Waals surface area contributed by atoms with Crippen molar-refractivity contribution in [2.24, 2.45) is 5.92 Å². The van der Waals surface area contributed by atoms with Crippen LogP contribution in [-0.4, -0.2) is 44.2 Å². The van der Waals surface area contributed by atoms with Crippen molar-refractivity contribution in [2.45, 2.75) is 43.9 Å². The van der Waals surface area contributed by atoms with E-state index in [-0.39, 0.29) is 18.8 Å². The Balaban J connectivity index is 1.17. The first-order valence-corrected chi connectivity index (χ1v) is 13.1. The lowest BCUT2D eigenvalue weighted by atomic mass is 9.98. The number of Topliss-reactive ketones (excluding diaryl/α,β-unsaturated/α-hetero) is 1. The number of ether oxygens (including phenoxy) is 1. The van der Waals surface area contributed by atoms with E-state index in [9.17, 15) is 18.0 Å². The van der Waals surface area contributed by atoms with Crippen LogP contribution in [0.4, 0.5) is 0 Å². The zero-order valence-electron chi connectivity index (χ0n) is 19.1. The van der Waals surface area contributed by atoms with Crippen LogP contribution in [0.15, 0.2) is 51.8 Å². The molecule has 2 aromatic carbocycles. The minimum Gasteiger partial charge on any atom is -0.457 e. The smallest absolute Gasteiger partial charge is 0.309 e. The van der Waals surface area contributed by atoms with Crippen molar-refractivity contribution >= 4 is 32.7 Å². The van der Waals surface area contributed by atoms with E-state index in [0.717, 1.165) is 35.8 Å². The molecule has 8 heteroatoms. The molecule has 1 aliphatic heterocycles. The van der Waals surface area contributed by atoms with E-state index in [4.69, 9.17) is 9.15 Å². The molecule has 0 bridgehead atoms. The number of rotatable bonds is 6. The molecule has 2 aliphatic rings. The third-order valence-electron chi connectivity index (χ3n) is 6.94. The van der Waals surface area contributed by atoms with Crippen molar-refractivity contribution < 1.29 is 27.2 Å². The number of hydrogen-bond acceptors (Lipinski definition) is 6. The molecule has 0 N–H and O–H groups in total. The van der Waals surface area contributed by atoms with Gasteiger partial charge in [0, 0.05) is 24.0 Å². The maximum absolute atomic E-state index is 13.1. The van der Waals surface area contributed by atoms with E-state index in [1.165, 1.54) is 9.87 Å². The van der Waals surface area contributed by atoms with Crippen molar-refractivity contribution in [1.82, 2.24) is 4.31 Å². The van der Waals surface area contributed by atoms with Crippen LogP contribution in [0.2, 0.25) is 0 Å². The number of piperidine rings is 1. The second-order valence-electron chi connectivity index (χ2n) is 9.05.